The Kier molecular flexibility index (Phi) is 9.16. The molecule has 0 bridgehead atoms. The van der Waals surface area contributed by atoms with Gasteiger partial charge in [-0.15, -0.1) is 0 Å². The van der Waals surface area contributed by atoms with Crippen LogP contribution < -0.4 is 5.73 Å². The van der Waals surface area contributed by atoms with E-state index in [-0.39, 0.29) is 18.4 Å². The molecule has 0 aromatic rings. The summed E-state index contributed by atoms with van der Waals surface area (Å²) >= 11 is 0. The summed E-state index contributed by atoms with van der Waals surface area (Å²) in [5.41, 5.74) is 5.66. The van der Waals surface area contributed by atoms with Crippen LogP contribution in [0, 0.1) is 11.8 Å². The van der Waals surface area contributed by atoms with E-state index in [0.717, 1.165) is 6.42 Å². The largest absolute Gasteiger partial charge is 0.480 e. The molecule has 19 heavy (non-hydrogen) atoms. The average molecular weight is 274 g/mol. The van der Waals surface area contributed by atoms with Crippen molar-refractivity contribution in [3.05, 3.63) is 0 Å². The molecule has 0 radical (unpaired) electrons. The standard InChI is InChI=1S/C13H26N2O4/c1-10(2)6-11(8-14)7-12(16)15(4-5-19-3)9-13(17)18/h10-11H,4-9,14H2,1-3H3,(H,17,18)/t11-/m0/s1. The number of aliphatic carboxylic acids is 1. The molecule has 0 unspecified atom stereocenters. The van der Waals surface area contributed by atoms with Gasteiger partial charge in [-0.1, -0.05) is 13.8 Å². The molecule has 0 heterocycles. The third-order valence-electron chi connectivity index (χ3n) is 2.85. The first kappa shape index (κ1) is 17.9. The number of carbonyl (C=O) groups is 2. The van der Waals surface area contributed by atoms with Crippen LogP contribution in [0.2, 0.25) is 0 Å². The Bertz CT molecular complexity index is 282. The van der Waals surface area contributed by atoms with E-state index in [1.54, 1.807) is 0 Å². The Hall–Kier alpha value is -1.14. The van der Waals surface area contributed by atoms with Gasteiger partial charge in [0.15, 0.2) is 0 Å². The Balaban J connectivity index is 4.46. The van der Waals surface area contributed by atoms with E-state index >= 15 is 0 Å². The first-order valence-electron chi connectivity index (χ1n) is 6.59. The van der Waals surface area contributed by atoms with Crippen LogP contribution in [0.25, 0.3) is 0 Å². The van der Waals surface area contributed by atoms with Gasteiger partial charge in [0, 0.05) is 20.1 Å². The molecule has 112 valence electrons. The molecular formula is C13H26N2O4. The van der Waals surface area contributed by atoms with E-state index in [1.807, 2.05) is 0 Å². The van der Waals surface area contributed by atoms with Gasteiger partial charge in [0.25, 0.3) is 0 Å². The van der Waals surface area contributed by atoms with Crippen LogP contribution >= 0.6 is 0 Å². The summed E-state index contributed by atoms with van der Waals surface area (Å²) in [6.45, 7) is 4.92. The molecule has 0 aromatic heterocycles. The highest BCUT2D eigenvalue weighted by Gasteiger charge is 2.20. The molecule has 0 aromatic carbocycles. The van der Waals surface area contributed by atoms with Crippen molar-refractivity contribution in [2.45, 2.75) is 26.7 Å². The molecular weight excluding hydrogens is 248 g/mol. The number of nitrogens with two attached hydrogens (primary N) is 1. The molecule has 0 aliphatic rings. The second-order valence-corrected chi connectivity index (χ2v) is 5.14. The molecule has 1 amide bonds. The second-order valence-electron chi connectivity index (χ2n) is 5.14. The quantitative estimate of drug-likeness (QED) is 0.607. The number of amides is 1. The molecule has 6 nitrogen and oxygen atoms in total. The SMILES string of the molecule is COCCN(CC(=O)O)C(=O)C[C@@H](CN)CC(C)C. The van der Waals surface area contributed by atoms with E-state index in [0.29, 0.717) is 32.0 Å². The lowest BCUT2D eigenvalue weighted by Gasteiger charge is -2.23. The number of nitrogens with zero attached hydrogens (tertiary/aromatic N) is 1. The van der Waals surface area contributed by atoms with Gasteiger partial charge in [0.05, 0.1) is 6.61 Å². The summed E-state index contributed by atoms with van der Waals surface area (Å²) < 4.78 is 4.89. The van der Waals surface area contributed by atoms with Crippen molar-refractivity contribution < 1.29 is 19.4 Å². The number of carboxylic acid groups (broad SMARTS) is 1. The van der Waals surface area contributed by atoms with Gasteiger partial charge in [0.2, 0.25) is 5.91 Å². The van der Waals surface area contributed by atoms with E-state index in [2.05, 4.69) is 13.8 Å². The lowest BCUT2D eigenvalue weighted by molar-refractivity contribution is -0.145. The molecule has 1 atom stereocenters. The Morgan fingerprint density at radius 2 is 2.00 bits per heavy atom. The van der Waals surface area contributed by atoms with Gasteiger partial charge in [-0.2, -0.15) is 0 Å². The summed E-state index contributed by atoms with van der Waals surface area (Å²) in [6.07, 6.45) is 1.17. The third-order valence-corrected chi connectivity index (χ3v) is 2.85. The van der Waals surface area contributed by atoms with Crippen molar-refractivity contribution >= 4 is 11.9 Å². The monoisotopic (exact) mass is 274 g/mol. The summed E-state index contributed by atoms with van der Waals surface area (Å²) in [7, 11) is 1.52. The van der Waals surface area contributed by atoms with Crippen molar-refractivity contribution in [3.8, 4) is 0 Å². The minimum absolute atomic E-state index is 0.103. The van der Waals surface area contributed by atoms with Crippen molar-refractivity contribution in [3.63, 3.8) is 0 Å². The summed E-state index contributed by atoms with van der Waals surface area (Å²) in [4.78, 5) is 24.2. The Labute approximate surface area is 114 Å². The molecule has 0 aliphatic carbocycles. The minimum Gasteiger partial charge on any atom is -0.480 e. The number of hydrogen-bond donors (Lipinski definition) is 2. The van der Waals surface area contributed by atoms with Crippen molar-refractivity contribution in [2.24, 2.45) is 17.6 Å². The second kappa shape index (κ2) is 9.75. The van der Waals surface area contributed by atoms with Crippen LogP contribution in [0.5, 0.6) is 0 Å². The maximum atomic E-state index is 12.1. The maximum absolute atomic E-state index is 12.1. The van der Waals surface area contributed by atoms with Crippen molar-refractivity contribution in [2.75, 3.05) is 33.4 Å². The number of carboxylic acids is 1. The highest BCUT2D eigenvalue weighted by Crippen LogP contribution is 2.15. The van der Waals surface area contributed by atoms with Crippen molar-refractivity contribution in [1.82, 2.24) is 4.90 Å². The first-order chi connectivity index (χ1) is 8.90. The molecule has 0 saturated carbocycles. The fourth-order valence-corrected chi connectivity index (χ4v) is 1.96. The number of hydrogen-bond acceptors (Lipinski definition) is 4. The smallest absolute Gasteiger partial charge is 0.323 e. The van der Waals surface area contributed by atoms with E-state index in [1.165, 1.54) is 12.0 Å². The molecule has 0 rings (SSSR count). The van der Waals surface area contributed by atoms with Crippen LogP contribution in [-0.4, -0.2) is 55.2 Å². The molecule has 3 N–H and O–H groups in total. The van der Waals surface area contributed by atoms with Gasteiger partial charge >= 0.3 is 5.97 Å². The maximum Gasteiger partial charge on any atom is 0.323 e. The first-order valence-corrected chi connectivity index (χ1v) is 6.59. The predicted octanol–water partition coefficient (Wildman–Crippen LogP) is 0.557. The predicted molar refractivity (Wildman–Crippen MR) is 72.7 cm³/mol. The van der Waals surface area contributed by atoms with Crippen LogP contribution in [0.15, 0.2) is 0 Å². The lowest BCUT2D eigenvalue weighted by Crippen LogP contribution is -2.39. The summed E-state index contributed by atoms with van der Waals surface area (Å²) in [5, 5.41) is 8.81. The van der Waals surface area contributed by atoms with Crippen LogP contribution in [-0.2, 0) is 14.3 Å². The van der Waals surface area contributed by atoms with Gasteiger partial charge in [-0.3, -0.25) is 9.59 Å². The zero-order valence-corrected chi connectivity index (χ0v) is 12.1. The molecule has 0 aliphatic heterocycles. The topological polar surface area (TPSA) is 92.9 Å². The van der Waals surface area contributed by atoms with Gasteiger partial charge in [-0.25, -0.2) is 0 Å². The number of methoxy groups -OCH3 is 1. The normalized spacial score (nSPS) is 12.5. The van der Waals surface area contributed by atoms with Crippen LogP contribution in [0.4, 0.5) is 0 Å². The number of ether oxygens (including phenoxy) is 1. The highest BCUT2D eigenvalue weighted by atomic mass is 16.5. The summed E-state index contributed by atoms with van der Waals surface area (Å²) in [6, 6.07) is 0. The highest BCUT2D eigenvalue weighted by molar-refractivity contribution is 5.81. The molecule has 0 saturated heterocycles. The zero-order chi connectivity index (χ0) is 14.8. The van der Waals surface area contributed by atoms with Gasteiger partial charge < -0.3 is 20.5 Å². The average Bonchev–Trinajstić information content (AvgIpc) is 2.32. The van der Waals surface area contributed by atoms with E-state index in [9.17, 15) is 9.59 Å². The van der Waals surface area contributed by atoms with Gasteiger partial charge in [-0.05, 0) is 24.8 Å². The van der Waals surface area contributed by atoms with Crippen LogP contribution in [0.3, 0.4) is 0 Å². The molecule has 6 heteroatoms. The van der Waals surface area contributed by atoms with Gasteiger partial charge in [0.1, 0.15) is 6.54 Å². The molecule has 0 fully saturated rings. The minimum atomic E-state index is -1.02. The number of rotatable bonds is 10. The molecule has 0 spiro atoms. The fourth-order valence-electron chi connectivity index (χ4n) is 1.96. The Morgan fingerprint density at radius 1 is 1.37 bits per heavy atom. The van der Waals surface area contributed by atoms with E-state index in [4.69, 9.17) is 15.6 Å². The number of carbonyl (C=O) groups excluding carboxylic acids is 1. The fraction of sp³-hybridized carbons (Fsp3) is 0.846. The van der Waals surface area contributed by atoms with Crippen molar-refractivity contribution in [1.29, 1.82) is 0 Å². The summed E-state index contributed by atoms with van der Waals surface area (Å²) in [5.74, 6) is -0.618. The van der Waals surface area contributed by atoms with E-state index < -0.39 is 5.97 Å². The van der Waals surface area contributed by atoms with Crippen LogP contribution in [0.1, 0.15) is 26.7 Å². The third kappa shape index (κ3) is 8.56. The lowest BCUT2D eigenvalue weighted by atomic mass is 9.94. The Morgan fingerprint density at radius 3 is 2.42 bits per heavy atom. The zero-order valence-electron chi connectivity index (χ0n) is 12.1.